The smallest absolute Gasteiger partial charge is 0.343 e. The van der Waals surface area contributed by atoms with Gasteiger partial charge < -0.3 is 10.0 Å². The fourth-order valence-electron chi connectivity index (χ4n) is 2.74. The van der Waals surface area contributed by atoms with E-state index < -0.39 is 10.9 Å². The van der Waals surface area contributed by atoms with Crippen molar-refractivity contribution >= 4 is 11.7 Å². The Bertz CT molecular complexity index is 559. The van der Waals surface area contributed by atoms with Crippen molar-refractivity contribution in [3.8, 4) is 0 Å². The Hall–Kier alpha value is -1.99. The topological polar surface area (TPSA) is 86.9 Å². The predicted octanol–water partition coefficient (Wildman–Crippen LogP) is 1.43. The van der Waals surface area contributed by atoms with Gasteiger partial charge in [0.2, 0.25) is 0 Å². The van der Waals surface area contributed by atoms with E-state index >= 15 is 0 Å². The third-order valence-corrected chi connectivity index (χ3v) is 3.91. The van der Waals surface area contributed by atoms with Crippen LogP contribution < -0.4 is 0 Å². The van der Waals surface area contributed by atoms with Gasteiger partial charge in [-0.25, -0.2) is 4.79 Å². The lowest BCUT2D eigenvalue weighted by Gasteiger charge is -2.20. The molecule has 1 heterocycles. The number of rotatable bonds is 5. The molecule has 2 rings (SSSR count). The highest BCUT2D eigenvalue weighted by molar-refractivity contribution is 5.94. The Morgan fingerprint density at radius 3 is 2.76 bits per heavy atom. The summed E-state index contributed by atoms with van der Waals surface area (Å²) in [6, 6.07) is 4.87. The summed E-state index contributed by atoms with van der Waals surface area (Å²) >= 11 is 0. The molecule has 0 amide bonds. The highest BCUT2D eigenvalue weighted by Crippen LogP contribution is 2.25. The quantitative estimate of drug-likeness (QED) is 0.653. The molecule has 1 aliphatic rings. The van der Waals surface area contributed by atoms with Crippen LogP contribution in [0.3, 0.4) is 0 Å². The zero-order valence-electron chi connectivity index (χ0n) is 12.2. The van der Waals surface area contributed by atoms with E-state index in [4.69, 9.17) is 0 Å². The molecule has 1 N–H and O–H groups in total. The summed E-state index contributed by atoms with van der Waals surface area (Å²) in [6.45, 7) is 2.13. The lowest BCUT2D eigenvalue weighted by Crippen LogP contribution is -2.31. The molecule has 0 bridgehead atoms. The molecule has 114 valence electrons. The second-order valence-electron chi connectivity index (χ2n) is 5.51. The largest absolute Gasteiger partial charge is 0.477 e. The van der Waals surface area contributed by atoms with Gasteiger partial charge in [0.1, 0.15) is 5.56 Å². The fraction of sp³-hybridized carbons (Fsp3) is 0.500. The second-order valence-corrected chi connectivity index (χ2v) is 5.51. The Labute approximate surface area is 122 Å². The lowest BCUT2D eigenvalue weighted by atomic mass is 10.0. The third kappa shape index (κ3) is 3.37. The number of benzene rings is 1. The predicted molar refractivity (Wildman–Crippen MR) is 77.4 cm³/mol. The standard InChI is InChI=1S/C14H19N3O4/c1-15(2)11-6-7-16(9-11)8-10-4-3-5-12(17(20)21)13(10)14(18)19/h3-5,11H,6-9H2,1-2H3,(H,18,19). The number of likely N-dealkylation sites (tertiary alicyclic amines) is 1. The number of nitro benzene ring substituents is 1. The summed E-state index contributed by atoms with van der Waals surface area (Å²) in [7, 11) is 4.04. The molecule has 1 saturated heterocycles. The molecule has 1 aromatic rings. The molecule has 0 spiro atoms. The van der Waals surface area contributed by atoms with Crippen LogP contribution in [0.4, 0.5) is 5.69 Å². The SMILES string of the molecule is CN(C)C1CCN(Cc2cccc([N+](=O)[O-])c2C(=O)O)C1. The molecule has 1 aliphatic heterocycles. The van der Waals surface area contributed by atoms with E-state index in [2.05, 4.69) is 9.80 Å². The van der Waals surface area contributed by atoms with Crippen molar-refractivity contribution in [1.29, 1.82) is 0 Å². The van der Waals surface area contributed by atoms with Crippen LogP contribution in [0.5, 0.6) is 0 Å². The van der Waals surface area contributed by atoms with Gasteiger partial charge in [0.15, 0.2) is 0 Å². The molecule has 0 aromatic heterocycles. The fourth-order valence-corrected chi connectivity index (χ4v) is 2.74. The van der Waals surface area contributed by atoms with E-state index in [9.17, 15) is 20.0 Å². The van der Waals surface area contributed by atoms with Crippen molar-refractivity contribution in [2.24, 2.45) is 0 Å². The average molecular weight is 293 g/mol. The summed E-state index contributed by atoms with van der Waals surface area (Å²) in [5.74, 6) is -1.25. The average Bonchev–Trinajstić information content (AvgIpc) is 2.86. The van der Waals surface area contributed by atoms with Gasteiger partial charge in [0.25, 0.3) is 5.69 Å². The molecule has 1 aromatic carbocycles. The Kier molecular flexibility index (Phi) is 4.54. The number of aromatic carboxylic acids is 1. The van der Waals surface area contributed by atoms with Crippen molar-refractivity contribution in [2.75, 3.05) is 27.2 Å². The van der Waals surface area contributed by atoms with E-state index in [1.165, 1.54) is 6.07 Å². The number of carbonyl (C=O) groups is 1. The monoisotopic (exact) mass is 293 g/mol. The molecule has 0 radical (unpaired) electrons. The Morgan fingerprint density at radius 2 is 2.24 bits per heavy atom. The molecule has 0 saturated carbocycles. The van der Waals surface area contributed by atoms with E-state index in [-0.39, 0.29) is 11.3 Å². The van der Waals surface area contributed by atoms with Gasteiger partial charge >= 0.3 is 5.97 Å². The summed E-state index contributed by atoms with van der Waals surface area (Å²) in [5.41, 5.74) is -0.0461. The van der Waals surface area contributed by atoms with Gasteiger partial charge in [-0.2, -0.15) is 0 Å². The summed E-state index contributed by atoms with van der Waals surface area (Å²) in [4.78, 5) is 26.0. The first-order valence-electron chi connectivity index (χ1n) is 6.78. The van der Waals surface area contributed by atoms with Crippen LogP contribution in [-0.2, 0) is 6.54 Å². The maximum absolute atomic E-state index is 11.4. The van der Waals surface area contributed by atoms with E-state index in [0.717, 1.165) is 19.5 Å². The molecule has 1 fully saturated rings. The van der Waals surface area contributed by atoms with Crippen LogP contribution in [0.1, 0.15) is 22.3 Å². The van der Waals surface area contributed by atoms with Crippen molar-refractivity contribution in [3.63, 3.8) is 0 Å². The van der Waals surface area contributed by atoms with E-state index in [0.29, 0.717) is 18.2 Å². The van der Waals surface area contributed by atoms with Crippen LogP contribution in [0, 0.1) is 10.1 Å². The number of hydrogen-bond donors (Lipinski definition) is 1. The van der Waals surface area contributed by atoms with Crippen molar-refractivity contribution in [3.05, 3.63) is 39.4 Å². The van der Waals surface area contributed by atoms with Crippen molar-refractivity contribution in [2.45, 2.75) is 19.0 Å². The molecule has 1 unspecified atom stereocenters. The van der Waals surface area contributed by atoms with Gasteiger partial charge in [0.05, 0.1) is 4.92 Å². The number of nitrogens with zero attached hydrogens (tertiary/aromatic N) is 3. The third-order valence-electron chi connectivity index (χ3n) is 3.91. The molecule has 21 heavy (non-hydrogen) atoms. The zero-order valence-corrected chi connectivity index (χ0v) is 12.2. The maximum Gasteiger partial charge on any atom is 0.343 e. The number of likely N-dealkylation sites (N-methyl/N-ethyl adjacent to an activating group) is 1. The Morgan fingerprint density at radius 1 is 1.52 bits per heavy atom. The molecule has 7 heteroatoms. The number of carboxylic acid groups (broad SMARTS) is 1. The summed E-state index contributed by atoms with van der Waals surface area (Å²) in [6.07, 6.45) is 1.02. The van der Waals surface area contributed by atoms with Crippen molar-refractivity contribution in [1.82, 2.24) is 9.80 Å². The van der Waals surface area contributed by atoms with Gasteiger partial charge in [-0.15, -0.1) is 0 Å². The molecular formula is C14H19N3O4. The minimum atomic E-state index is -1.25. The molecular weight excluding hydrogens is 274 g/mol. The number of carboxylic acids is 1. The van der Waals surface area contributed by atoms with Gasteiger partial charge in [-0.1, -0.05) is 12.1 Å². The first kappa shape index (κ1) is 15.4. The molecule has 1 atom stereocenters. The number of hydrogen-bond acceptors (Lipinski definition) is 5. The highest BCUT2D eigenvalue weighted by Gasteiger charge is 2.28. The summed E-state index contributed by atoms with van der Waals surface area (Å²) in [5, 5.41) is 20.3. The minimum absolute atomic E-state index is 0.198. The van der Waals surface area contributed by atoms with Crippen LogP contribution in [0.25, 0.3) is 0 Å². The van der Waals surface area contributed by atoms with Gasteiger partial charge in [-0.3, -0.25) is 15.0 Å². The molecule has 7 nitrogen and oxygen atoms in total. The maximum atomic E-state index is 11.4. The first-order valence-corrected chi connectivity index (χ1v) is 6.78. The van der Waals surface area contributed by atoms with E-state index in [1.807, 2.05) is 14.1 Å². The van der Waals surface area contributed by atoms with E-state index in [1.54, 1.807) is 12.1 Å². The van der Waals surface area contributed by atoms with Crippen LogP contribution in [0.15, 0.2) is 18.2 Å². The lowest BCUT2D eigenvalue weighted by molar-refractivity contribution is -0.385. The Balaban J connectivity index is 2.23. The van der Waals surface area contributed by atoms with Gasteiger partial charge in [-0.05, 0) is 26.1 Å². The van der Waals surface area contributed by atoms with Crippen LogP contribution in [0.2, 0.25) is 0 Å². The van der Waals surface area contributed by atoms with Gasteiger partial charge in [0, 0.05) is 31.7 Å². The zero-order chi connectivity index (χ0) is 15.6. The van der Waals surface area contributed by atoms with Crippen LogP contribution in [-0.4, -0.2) is 59.0 Å². The van der Waals surface area contributed by atoms with Crippen molar-refractivity contribution < 1.29 is 14.8 Å². The second kappa shape index (κ2) is 6.19. The normalized spacial score (nSPS) is 19.1. The van der Waals surface area contributed by atoms with Crippen LogP contribution >= 0.6 is 0 Å². The number of nitro groups is 1. The molecule has 0 aliphatic carbocycles. The summed E-state index contributed by atoms with van der Waals surface area (Å²) < 4.78 is 0. The first-order chi connectivity index (χ1) is 9.90. The minimum Gasteiger partial charge on any atom is -0.477 e. The highest BCUT2D eigenvalue weighted by atomic mass is 16.6.